The van der Waals surface area contributed by atoms with E-state index in [4.69, 9.17) is 0 Å². The molecule has 0 aliphatic carbocycles. The van der Waals surface area contributed by atoms with Crippen molar-refractivity contribution >= 4 is 22.8 Å². The first-order valence-corrected chi connectivity index (χ1v) is 9.78. The fourth-order valence-corrected chi connectivity index (χ4v) is 3.41. The number of hydrogen-bond donors (Lipinski definition) is 2. The van der Waals surface area contributed by atoms with Crippen molar-refractivity contribution in [3.63, 3.8) is 0 Å². The van der Waals surface area contributed by atoms with E-state index in [1.54, 1.807) is 6.92 Å². The minimum Gasteiger partial charge on any atom is -0.306 e. The Morgan fingerprint density at radius 1 is 1.03 bits per heavy atom. The van der Waals surface area contributed by atoms with Gasteiger partial charge >= 0.3 is 0 Å². The zero-order valence-electron chi connectivity index (χ0n) is 17.1. The summed E-state index contributed by atoms with van der Waals surface area (Å²) in [6.45, 7) is 1.65. The van der Waals surface area contributed by atoms with Gasteiger partial charge in [-0.15, -0.1) is 0 Å². The number of nitrogens with one attached hydrogen (secondary N) is 2. The molecule has 0 radical (unpaired) electrons. The second-order valence-electron chi connectivity index (χ2n) is 7.15. The summed E-state index contributed by atoms with van der Waals surface area (Å²) in [5, 5.41) is 11.2. The lowest BCUT2D eigenvalue weighted by atomic mass is 10.2. The van der Waals surface area contributed by atoms with E-state index in [0.717, 1.165) is 18.2 Å². The van der Waals surface area contributed by atoms with Gasteiger partial charge in [-0.25, -0.2) is 13.5 Å². The number of H-pyrrole nitrogens is 1. The number of fused-ring (bicyclic) bond motifs is 1. The number of nitrogens with zero attached hydrogens (tertiary/aromatic N) is 5. The predicted molar refractivity (Wildman–Crippen MR) is 116 cm³/mol. The number of aromatic nitrogens is 6. The van der Waals surface area contributed by atoms with Gasteiger partial charge in [-0.1, -0.05) is 24.3 Å². The number of hydrogen-bond acceptors (Lipinski definition) is 5. The molecule has 5 aromatic rings. The molecule has 0 aliphatic rings. The van der Waals surface area contributed by atoms with Gasteiger partial charge in [-0.3, -0.25) is 14.6 Å². The molecule has 5 rings (SSSR count). The first-order chi connectivity index (χ1) is 15.9. The average Bonchev–Trinajstić information content (AvgIpc) is 3.38. The Labute approximate surface area is 184 Å². The Morgan fingerprint density at radius 3 is 2.48 bits per heavy atom. The van der Waals surface area contributed by atoms with E-state index in [-0.39, 0.29) is 22.8 Å². The van der Waals surface area contributed by atoms with Crippen LogP contribution in [0.1, 0.15) is 16.1 Å². The Kier molecular flexibility index (Phi) is 4.78. The van der Waals surface area contributed by atoms with Crippen LogP contribution in [0.15, 0.2) is 65.6 Å². The van der Waals surface area contributed by atoms with Crippen LogP contribution in [0.25, 0.3) is 22.7 Å². The highest BCUT2D eigenvalue weighted by Crippen LogP contribution is 2.20. The third kappa shape index (κ3) is 3.55. The number of anilines is 1. The van der Waals surface area contributed by atoms with Gasteiger partial charge in [0.25, 0.3) is 11.5 Å². The van der Waals surface area contributed by atoms with Crippen molar-refractivity contribution in [1.29, 1.82) is 0 Å². The van der Waals surface area contributed by atoms with Crippen molar-refractivity contribution in [1.82, 2.24) is 29.5 Å². The zero-order chi connectivity index (χ0) is 23.1. The molecule has 3 aromatic heterocycles. The Balaban J connectivity index is 1.60. The van der Waals surface area contributed by atoms with Crippen molar-refractivity contribution < 1.29 is 13.6 Å². The van der Waals surface area contributed by atoms with Gasteiger partial charge in [0.15, 0.2) is 5.65 Å². The number of aryl methyl sites for hydroxylation is 1. The summed E-state index contributed by atoms with van der Waals surface area (Å²) in [5.74, 6) is -2.97. The highest BCUT2D eigenvalue weighted by molar-refractivity contribution is 6.04. The molecule has 2 N–H and O–H groups in total. The number of carbonyl (C=O) groups excluding carboxylic acids is 1. The van der Waals surface area contributed by atoms with E-state index in [0.29, 0.717) is 11.4 Å². The molecule has 9 nitrogen and oxygen atoms in total. The van der Waals surface area contributed by atoms with E-state index in [2.05, 4.69) is 25.5 Å². The van der Waals surface area contributed by atoms with Crippen LogP contribution in [0.3, 0.4) is 0 Å². The van der Waals surface area contributed by atoms with Crippen molar-refractivity contribution in [2.24, 2.45) is 0 Å². The van der Waals surface area contributed by atoms with Crippen LogP contribution in [0.5, 0.6) is 0 Å². The number of para-hydroxylation sites is 1. The number of carbonyl (C=O) groups is 1. The molecule has 0 atom stereocenters. The van der Waals surface area contributed by atoms with Crippen molar-refractivity contribution in [3.05, 3.63) is 94.0 Å². The Bertz CT molecular complexity index is 1550. The number of amides is 1. The largest absolute Gasteiger partial charge is 0.306 e. The normalized spacial score (nSPS) is 11.1. The fourth-order valence-electron chi connectivity index (χ4n) is 3.41. The number of rotatable bonds is 4. The lowest BCUT2D eigenvalue weighted by molar-refractivity contribution is 0.101. The van der Waals surface area contributed by atoms with Gasteiger partial charge in [0.05, 0.1) is 17.6 Å². The van der Waals surface area contributed by atoms with Gasteiger partial charge in [0.1, 0.15) is 28.4 Å². The SMILES string of the molecule is Cc1cc(NC(=O)c2c(F)cccc2F)n(-c2nc3c(cnn3-c3ccccc3)c(=O)[nH]2)n1. The molecule has 1 amide bonds. The van der Waals surface area contributed by atoms with Crippen LogP contribution in [-0.4, -0.2) is 35.4 Å². The molecule has 164 valence electrons. The van der Waals surface area contributed by atoms with E-state index >= 15 is 0 Å². The van der Waals surface area contributed by atoms with Crippen molar-refractivity contribution in [2.75, 3.05) is 5.32 Å². The minimum atomic E-state index is -1.01. The van der Waals surface area contributed by atoms with Crippen LogP contribution in [0, 0.1) is 18.6 Å². The molecule has 2 aromatic carbocycles. The molecule has 0 saturated heterocycles. The second-order valence-corrected chi connectivity index (χ2v) is 7.15. The standard InChI is InChI=1S/C22H15F2N7O2/c1-12-10-17(26-21(33)18-15(23)8-5-9-16(18)24)31(29-12)22-27-19-14(20(32)28-22)11-25-30(19)13-6-3-2-4-7-13/h2-11H,1H3,(H,26,33)(H,27,28,32). The van der Waals surface area contributed by atoms with Crippen molar-refractivity contribution in [3.8, 4) is 11.6 Å². The number of halogens is 2. The number of aromatic amines is 1. The quantitative estimate of drug-likeness (QED) is 0.440. The van der Waals surface area contributed by atoms with E-state index < -0.39 is 28.7 Å². The lowest BCUT2D eigenvalue weighted by Gasteiger charge is -2.10. The lowest BCUT2D eigenvalue weighted by Crippen LogP contribution is -2.20. The monoisotopic (exact) mass is 447 g/mol. The summed E-state index contributed by atoms with van der Waals surface area (Å²) < 4.78 is 30.7. The van der Waals surface area contributed by atoms with Gasteiger partial charge in [0, 0.05) is 6.07 Å². The molecule has 0 bridgehead atoms. The first kappa shape index (κ1) is 20.2. The Hall–Kier alpha value is -4.67. The molecule has 0 spiro atoms. The fraction of sp³-hybridized carbons (Fsp3) is 0.0455. The summed E-state index contributed by atoms with van der Waals surface area (Å²) in [4.78, 5) is 32.4. The van der Waals surface area contributed by atoms with Gasteiger partial charge in [-0.05, 0) is 31.2 Å². The first-order valence-electron chi connectivity index (χ1n) is 9.78. The molecule has 0 unspecified atom stereocenters. The van der Waals surface area contributed by atoms with Gasteiger partial charge < -0.3 is 5.32 Å². The molecule has 33 heavy (non-hydrogen) atoms. The average molecular weight is 447 g/mol. The highest BCUT2D eigenvalue weighted by Gasteiger charge is 2.21. The maximum absolute atomic E-state index is 14.0. The van der Waals surface area contributed by atoms with Crippen LogP contribution in [0.4, 0.5) is 14.6 Å². The predicted octanol–water partition coefficient (Wildman–Crippen LogP) is 3.13. The molecular formula is C22H15F2N7O2. The molecular weight excluding hydrogens is 432 g/mol. The molecule has 0 aliphatic heterocycles. The third-order valence-corrected chi connectivity index (χ3v) is 4.89. The molecule has 0 fully saturated rings. The van der Waals surface area contributed by atoms with Crippen LogP contribution < -0.4 is 10.9 Å². The highest BCUT2D eigenvalue weighted by atomic mass is 19.1. The smallest absolute Gasteiger partial charge is 0.263 e. The third-order valence-electron chi connectivity index (χ3n) is 4.89. The van der Waals surface area contributed by atoms with Crippen LogP contribution in [0.2, 0.25) is 0 Å². The second kappa shape index (κ2) is 7.79. The van der Waals surface area contributed by atoms with E-state index in [1.165, 1.54) is 21.6 Å². The summed E-state index contributed by atoms with van der Waals surface area (Å²) in [7, 11) is 0. The van der Waals surface area contributed by atoms with Crippen molar-refractivity contribution in [2.45, 2.75) is 6.92 Å². The zero-order valence-corrected chi connectivity index (χ0v) is 17.1. The van der Waals surface area contributed by atoms with Gasteiger partial charge in [0.2, 0.25) is 5.95 Å². The maximum atomic E-state index is 14.0. The Morgan fingerprint density at radius 2 is 1.76 bits per heavy atom. The molecule has 0 saturated carbocycles. The maximum Gasteiger partial charge on any atom is 0.263 e. The van der Waals surface area contributed by atoms with E-state index in [9.17, 15) is 18.4 Å². The summed E-state index contributed by atoms with van der Waals surface area (Å²) >= 11 is 0. The van der Waals surface area contributed by atoms with Gasteiger partial charge in [-0.2, -0.15) is 19.9 Å². The van der Waals surface area contributed by atoms with E-state index in [1.807, 2.05) is 30.3 Å². The van der Waals surface area contributed by atoms with Crippen LogP contribution in [-0.2, 0) is 0 Å². The topological polar surface area (TPSA) is 110 Å². The summed E-state index contributed by atoms with van der Waals surface area (Å²) in [5.41, 5.74) is 0.227. The summed E-state index contributed by atoms with van der Waals surface area (Å²) in [6, 6.07) is 13.7. The summed E-state index contributed by atoms with van der Waals surface area (Å²) in [6.07, 6.45) is 1.40. The molecule has 3 heterocycles. The minimum absolute atomic E-state index is 0.0115. The van der Waals surface area contributed by atoms with Crippen LogP contribution >= 0.6 is 0 Å². The molecule has 11 heteroatoms. The number of benzene rings is 2.